The third-order valence-corrected chi connectivity index (χ3v) is 3.21. The Balaban J connectivity index is 1.94. The van der Waals surface area contributed by atoms with Gasteiger partial charge in [-0.15, -0.1) is 0 Å². The van der Waals surface area contributed by atoms with E-state index in [0.29, 0.717) is 6.04 Å². The molecule has 3 heteroatoms. The van der Waals surface area contributed by atoms with E-state index in [-0.39, 0.29) is 5.82 Å². The Morgan fingerprint density at radius 2 is 2.38 bits per heavy atom. The normalized spacial score (nSPS) is 22.2. The zero-order valence-corrected chi connectivity index (χ0v) is 9.75. The molecule has 1 aliphatic heterocycles. The summed E-state index contributed by atoms with van der Waals surface area (Å²) in [4.78, 5) is 2.39. The smallest absolute Gasteiger partial charge is 0.123 e. The van der Waals surface area contributed by atoms with Crippen LogP contribution in [0.4, 0.5) is 4.39 Å². The number of hydrogen-bond donors (Lipinski definition) is 1. The molecule has 2 rings (SSSR count). The van der Waals surface area contributed by atoms with Crippen molar-refractivity contribution in [3.05, 3.63) is 35.6 Å². The van der Waals surface area contributed by atoms with Gasteiger partial charge in [0.2, 0.25) is 0 Å². The summed E-state index contributed by atoms with van der Waals surface area (Å²) in [6.07, 6.45) is 2.47. The second kappa shape index (κ2) is 5.41. The zero-order chi connectivity index (χ0) is 11.4. The molecule has 0 radical (unpaired) electrons. The Kier molecular flexibility index (Phi) is 3.91. The predicted molar refractivity (Wildman–Crippen MR) is 63.8 cm³/mol. The monoisotopic (exact) mass is 222 g/mol. The van der Waals surface area contributed by atoms with Crippen LogP contribution in [0, 0.1) is 5.82 Å². The summed E-state index contributed by atoms with van der Waals surface area (Å²) in [5, 5.41) is 3.32. The first-order valence-corrected chi connectivity index (χ1v) is 5.92. The van der Waals surface area contributed by atoms with Gasteiger partial charge in [0.05, 0.1) is 0 Å². The highest BCUT2D eigenvalue weighted by atomic mass is 19.1. The van der Waals surface area contributed by atoms with Crippen LogP contribution in [0.5, 0.6) is 0 Å². The highest BCUT2D eigenvalue weighted by molar-refractivity contribution is 5.16. The van der Waals surface area contributed by atoms with Gasteiger partial charge in [0, 0.05) is 19.1 Å². The zero-order valence-electron chi connectivity index (χ0n) is 9.75. The van der Waals surface area contributed by atoms with E-state index in [2.05, 4.69) is 10.2 Å². The maximum Gasteiger partial charge on any atom is 0.123 e. The molecule has 0 saturated carbocycles. The third kappa shape index (κ3) is 3.03. The fraction of sp³-hybridized carbons (Fsp3) is 0.538. The molecular weight excluding hydrogens is 203 g/mol. The van der Waals surface area contributed by atoms with Crippen molar-refractivity contribution in [3.63, 3.8) is 0 Å². The number of halogens is 1. The lowest BCUT2D eigenvalue weighted by Crippen LogP contribution is -2.43. The number of piperidine rings is 1. The molecule has 2 nitrogen and oxygen atoms in total. The van der Waals surface area contributed by atoms with E-state index >= 15 is 0 Å². The summed E-state index contributed by atoms with van der Waals surface area (Å²) in [6.45, 7) is 3.04. The Hall–Kier alpha value is -0.930. The van der Waals surface area contributed by atoms with Gasteiger partial charge in [-0.25, -0.2) is 4.39 Å². The van der Waals surface area contributed by atoms with E-state index in [1.807, 2.05) is 13.1 Å². The highest BCUT2D eigenvalue weighted by Crippen LogP contribution is 2.14. The first kappa shape index (κ1) is 11.6. The molecule has 1 saturated heterocycles. The standard InChI is InChI=1S/C13H19FN2/c1-15-13-6-3-7-16(10-13)9-11-4-2-5-12(14)8-11/h2,4-5,8,13,15H,3,6-7,9-10H2,1H3/t13-/m0/s1. The second-order valence-electron chi connectivity index (χ2n) is 4.49. The number of likely N-dealkylation sites (tertiary alicyclic amines) is 1. The Morgan fingerprint density at radius 1 is 1.50 bits per heavy atom. The second-order valence-corrected chi connectivity index (χ2v) is 4.49. The Morgan fingerprint density at radius 3 is 3.12 bits per heavy atom. The number of rotatable bonds is 3. The van der Waals surface area contributed by atoms with Gasteiger partial charge in [0.15, 0.2) is 0 Å². The summed E-state index contributed by atoms with van der Waals surface area (Å²) in [7, 11) is 2.01. The van der Waals surface area contributed by atoms with Crippen LogP contribution in [0.1, 0.15) is 18.4 Å². The SMILES string of the molecule is CN[C@H]1CCCN(Cc2cccc(F)c2)C1. The van der Waals surface area contributed by atoms with Crippen LogP contribution < -0.4 is 5.32 Å². The van der Waals surface area contributed by atoms with Gasteiger partial charge in [-0.1, -0.05) is 12.1 Å². The number of benzene rings is 1. The average molecular weight is 222 g/mol. The fourth-order valence-electron chi connectivity index (χ4n) is 2.33. The molecular formula is C13H19FN2. The quantitative estimate of drug-likeness (QED) is 0.841. The minimum atomic E-state index is -0.139. The van der Waals surface area contributed by atoms with E-state index in [1.54, 1.807) is 12.1 Å². The van der Waals surface area contributed by atoms with Gasteiger partial charge in [-0.2, -0.15) is 0 Å². The molecule has 0 aromatic heterocycles. The van der Waals surface area contributed by atoms with Crippen LogP contribution in [0.15, 0.2) is 24.3 Å². The number of nitrogens with one attached hydrogen (secondary N) is 1. The molecule has 88 valence electrons. The molecule has 1 aromatic carbocycles. The van der Waals surface area contributed by atoms with Gasteiger partial charge in [-0.05, 0) is 44.1 Å². The molecule has 16 heavy (non-hydrogen) atoms. The van der Waals surface area contributed by atoms with Gasteiger partial charge < -0.3 is 5.32 Å². The van der Waals surface area contributed by atoms with Crippen molar-refractivity contribution in [2.75, 3.05) is 20.1 Å². The molecule has 1 atom stereocenters. The first-order valence-electron chi connectivity index (χ1n) is 5.92. The van der Waals surface area contributed by atoms with Gasteiger partial charge >= 0.3 is 0 Å². The molecule has 1 N–H and O–H groups in total. The van der Waals surface area contributed by atoms with Crippen molar-refractivity contribution in [3.8, 4) is 0 Å². The molecule has 1 heterocycles. The van der Waals surface area contributed by atoms with Crippen LogP contribution >= 0.6 is 0 Å². The lowest BCUT2D eigenvalue weighted by molar-refractivity contribution is 0.188. The summed E-state index contributed by atoms with van der Waals surface area (Å²) < 4.78 is 13.0. The molecule has 1 fully saturated rings. The molecule has 1 aliphatic rings. The number of hydrogen-bond acceptors (Lipinski definition) is 2. The molecule has 1 aromatic rings. The molecule has 0 unspecified atom stereocenters. The van der Waals surface area contributed by atoms with E-state index in [9.17, 15) is 4.39 Å². The fourth-order valence-corrected chi connectivity index (χ4v) is 2.33. The van der Waals surface area contributed by atoms with Crippen LogP contribution in [0.2, 0.25) is 0 Å². The summed E-state index contributed by atoms with van der Waals surface area (Å²) in [6, 6.07) is 7.48. The van der Waals surface area contributed by atoms with Crippen molar-refractivity contribution < 1.29 is 4.39 Å². The van der Waals surface area contributed by atoms with E-state index in [4.69, 9.17) is 0 Å². The minimum Gasteiger partial charge on any atom is -0.316 e. The minimum absolute atomic E-state index is 0.139. The average Bonchev–Trinajstić information content (AvgIpc) is 2.29. The van der Waals surface area contributed by atoms with Crippen molar-refractivity contribution >= 4 is 0 Å². The van der Waals surface area contributed by atoms with Crippen molar-refractivity contribution in [2.24, 2.45) is 0 Å². The molecule has 0 aliphatic carbocycles. The first-order chi connectivity index (χ1) is 7.78. The highest BCUT2D eigenvalue weighted by Gasteiger charge is 2.18. The lowest BCUT2D eigenvalue weighted by atomic mass is 10.1. The third-order valence-electron chi connectivity index (χ3n) is 3.21. The van der Waals surface area contributed by atoms with E-state index in [1.165, 1.54) is 18.9 Å². The van der Waals surface area contributed by atoms with Crippen molar-refractivity contribution in [1.29, 1.82) is 0 Å². The number of nitrogens with zero attached hydrogens (tertiary/aromatic N) is 1. The van der Waals surface area contributed by atoms with Gasteiger partial charge in [0.1, 0.15) is 5.82 Å². The summed E-state index contributed by atoms with van der Waals surface area (Å²) in [5.41, 5.74) is 1.07. The van der Waals surface area contributed by atoms with Crippen molar-refractivity contribution in [1.82, 2.24) is 10.2 Å². The maximum absolute atomic E-state index is 13.0. The van der Waals surface area contributed by atoms with Crippen LogP contribution in [0.25, 0.3) is 0 Å². The number of likely N-dealkylation sites (N-methyl/N-ethyl adjacent to an activating group) is 1. The predicted octanol–water partition coefficient (Wildman–Crippen LogP) is 2.01. The maximum atomic E-state index is 13.0. The lowest BCUT2D eigenvalue weighted by Gasteiger charge is -2.32. The van der Waals surface area contributed by atoms with E-state index < -0.39 is 0 Å². The topological polar surface area (TPSA) is 15.3 Å². The largest absolute Gasteiger partial charge is 0.316 e. The van der Waals surface area contributed by atoms with Gasteiger partial charge in [0.25, 0.3) is 0 Å². The van der Waals surface area contributed by atoms with Crippen molar-refractivity contribution in [2.45, 2.75) is 25.4 Å². The summed E-state index contributed by atoms with van der Waals surface area (Å²) >= 11 is 0. The Bertz CT molecular complexity index is 340. The van der Waals surface area contributed by atoms with E-state index in [0.717, 1.165) is 25.2 Å². The Labute approximate surface area is 96.5 Å². The van der Waals surface area contributed by atoms with Crippen LogP contribution in [-0.2, 0) is 6.54 Å². The summed E-state index contributed by atoms with van der Waals surface area (Å²) in [5.74, 6) is -0.139. The van der Waals surface area contributed by atoms with Gasteiger partial charge in [-0.3, -0.25) is 4.90 Å². The molecule has 0 spiro atoms. The molecule has 0 amide bonds. The van der Waals surface area contributed by atoms with Crippen LogP contribution in [-0.4, -0.2) is 31.1 Å². The van der Waals surface area contributed by atoms with Crippen LogP contribution in [0.3, 0.4) is 0 Å². The molecule has 0 bridgehead atoms.